The molecule has 0 aromatic heterocycles. The maximum atomic E-state index is 12.4. The number of rotatable bonds is 3. The number of amides is 1. The lowest BCUT2D eigenvalue weighted by atomic mass is 9.96. The van der Waals surface area contributed by atoms with Crippen LogP contribution in [-0.2, 0) is 14.3 Å². The van der Waals surface area contributed by atoms with E-state index in [2.05, 4.69) is 4.90 Å². The maximum absolute atomic E-state index is 12.4. The van der Waals surface area contributed by atoms with Gasteiger partial charge in [-0.15, -0.1) is 0 Å². The van der Waals surface area contributed by atoms with E-state index in [0.29, 0.717) is 25.6 Å². The van der Waals surface area contributed by atoms with Gasteiger partial charge in [0.2, 0.25) is 0 Å². The van der Waals surface area contributed by atoms with Crippen LogP contribution >= 0.6 is 0 Å². The van der Waals surface area contributed by atoms with Crippen molar-refractivity contribution in [1.29, 1.82) is 0 Å². The van der Waals surface area contributed by atoms with Crippen molar-refractivity contribution >= 4 is 12.1 Å². The zero-order valence-electron chi connectivity index (χ0n) is 14.8. The van der Waals surface area contributed by atoms with Crippen LogP contribution in [0.5, 0.6) is 0 Å². The third-order valence-electron chi connectivity index (χ3n) is 4.42. The summed E-state index contributed by atoms with van der Waals surface area (Å²) < 4.78 is 10.7. The summed E-state index contributed by atoms with van der Waals surface area (Å²) in [6, 6.07) is -0.185. The highest BCUT2D eigenvalue weighted by Gasteiger charge is 2.41. The quantitative estimate of drug-likeness (QED) is 0.746. The van der Waals surface area contributed by atoms with E-state index in [9.17, 15) is 9.59 Å². The normalized spacial score (nSPS) is 26.2. The van der Waals surface area contributed by atoms with E-state index in [1.807, 2.05) is 20.8 Å². The summed E-state index contributed by atoms with van der Waals surface area (Å²) in [5.74, 6) is -0.317. The molecule has 0 bridgehead atoms. The molecule has 0 radical (unpaired) electrons. The molecule has 0 aromatic rings. The Hall–Kier alpha value is -1.30. The summed E-state index contributed by atoms with van der Waals surface area (Å²) >= 11 is 0. The second kappa shape index (κ2) is 7.51. The van der Waals surface area contributed by atoms with Crippen molar-refractivity contribution in [1.82, 2.24) is 9.80 Å². The highest BCUT2D eigenvalue weighted by molar-refractivity contribution is 5.82. The molecule has 132 valence electrons. The van der Waals surface area contributed by atoms with Crippen LogP contribution in [-0.4, -0.2) is 65.8 Å². The van der Waals surface area contributed by atoms with Gasteiger partial charge < -0.3 is 14.4 Å². The zero-order chi connectivity index (χ0) is 17.0. The van der Waals surface area contributed by atoms with Crippen LogP contribution in [0.3, 0.4) is 0 Å². The van der Waals surface area contributed by atoms with Crippen molar-refractivity contribution < 1.29 is 19.1 Å². The average molecular weight is 326 g/mol. The number of esters is 1. The molecule has 2 saturated heterocycles. The van der Waals surface area contributed by atoms with E-state index in [1.54, 1.807) is 11.8 Å². The van der Waals surface area contributed by atoms with Crippen LogP contribution < -0.4 is 0 Å². The van der Waals surface area contributed by atoms with Gasteiger partial charge in [-0.05, 0) is 66.5 Å². The fourth-order valence-corrected chi connectivity index (χ4v) is 3.39. The third kappa shape index (κ3) is 4.83. The van der Waals surface area contributed by atoms with Crippen molar-refractivity contribution in [3.05, 3.63) is 0 Å². The molecule has 23 heavy (non-hydrogen) atoms. The second-order valence-electron chi connectivity index (χ2n) is 7.36. The van der Waals surface area contributed by atoms with E-state index in [4.69, 9.17) is 9.47 Å². The number of ether oxygens (including phenoxy) is 2. The van der Waals surface area contributed by atoms with E-state index in [0.717, 1.165) is 19.5 Å². The molecule has 1 amide bonds. The van der Waals surface area contributed by atoms with Gasteiger partial charge in [0.05, 0.1) is 6.61 Å². The molecular weight excluding hydrogens is 296 g/mol. The van der Waals surface area contributed by atoms with Gasteiger partial charge in [-0.25, -0.2) is 9.59 Å². The van der Waals surface area contributed by atoms with Crippen molar-refractivity contribution in [2.75, 3.05) is 26.2 Å². The molecule has 0 N–H and O–H groups in total. The first-order chi connectivity index (χ1) is 10.8. The van der Waals surface area contributed by atoms with Crippen LogP contribution in [0, 0.1) is 0 Å². The molecule has 2 aliphatic heterocycles. The minimum atomic E-state index is -0.567. The van der Waals surface area contributed by atoms with Gasteiger partial charge in [0.25, 0.3) is 0 Å². The van der Waals surface area contributed by atoms with E-state index in [-0.39, 0.29) is 5.97 Å². The maximum Gasteiger partial charge on any atom is 0.411 e. The van der Waals surface area contributed by atoms with Gasteiger partial charge in [0.1, 0.15) is 11.6 Å². The zero-order valence-corrected chi connectivity index (χ0v) is 14.8. The first kappa shape index (κ1) is 18.0. The fourth-order valence-electron chi connectivity index (χ4n) is 3.39. The van der Waals surface area contributed by atoms with Gasteiger partial charge >= 0.3 is 12.1 Å². The first-order valence-electron chi connectivity index (χ1n) is 8.72. The van der Waals surface area contributed by atoms with Gasteiger partial charge in [0, 0.05) is 12.6 Å². The second-order valence-corrected chi connectivity index (χ2v) is 7.36. The molecular formula is C17H30N2O4. The summed E-state index contributed by atoms with van der Waals surface area (Å²) in [6.45, 7) is 10.3. The lowest BCUT2D eigenvalue weighted by Crippen LogP contribution is -2.55. The van der Waals surface area contributed by atoms with E-state index < -0.39 is 17.7 Å². The Morgan fingerprint density at radius 3 is 2.35 bits per heavy atom. The lowest BCUT2D eigenvalue weighted by Gasteiger charge is -2.41. The molecule has 2 atom stereocenters. The SMILES string of the molecule is CCOC(=O)[C@@H]1C[C@@H](N2CCCC2)CCN1C(=O)OC(C)(C)C. The van der Waals surface area contributed by atoms with Crippen molar-refractivity contribution in [3.8, 4) is 0 Å². The van der Waals surface area contributed by atoms with Gasteiger partial charge in [-0.2, -0.15) is 0 Å². The molecule has 2 rings (SSSR count). The molecule has 6 nitrogen and oxygen atoms in total. The Morgan fingerprint density at radius 2 is 1.78 bits per heavy atom. The van der Waals surface area contributed by atoms with Crippen molar-refractivity contribution in [2.45, 2.75) is 71.1 Å². The van der Waals surface area contributed by atoms with Crippen LogP contribution in [0.4, 0.5) is 4.79 Å². The molecule has 0 aliphatic carbocycles. The Balaban J connectivity index is 2.07. The van der Waals surface area contributed by atoms with E-state index >= 15 is 0 Å². The predicted octanol–water partition coefficient (Wildman–Crippen LogP) is 2.41. The highest BCUT2D eigenvalue weighted by Crippen LogP contribution is 2.27. The summed E-state index contributed by atoms with van der Waals surface area (Å²) in [6.07, 6.45) is 3.54. The number of piperidine rings is 1. The molecule has 0 spiro atoms. The van der Waals surface area contributed by atoms with Crippen LogP contribution in [0.15, 0.2) is 0 Å². The Bertz CT molecular complexity index is 427. The average Bonchev–Trinajstić information content (AvgIpc) is 2.99. The van der Waals surface area contributed by atoms with Gasteiger partial charge in [-0.3, -0.25) is 4.90 Å². The topological polar surface area (TPSA) is 59.1 Å². The molecule has 2 fully saturated rings. The minimum absolute atomic E-state index is 0.317. The Morgan fingerprint density at radius 1 is 1.13 bits per heavy atom. The summed E-state index contributed by atoms with van der Waals surface area (Å²) in [4.78, 5) is 28.8. The molecule has 0 unspecified atom stereocenters. The smallest absolute Gasteiger partial charge is 0.411 e. The predicted molar refractivity (Wildman–Crippen MR) is 87.2 cm³/mol. The number of hydrogen-bond donors (Lipinski definition) is 0. The van der Waals surface area contributed by atoms with Gasteiger partial charge in [0.15, 0.2) is 0 Å². The van der Waals surface area contributed by atoms with Gasteiger partial charge in [-0.1, -0.05) is 0 Å². The van der Waals surface area contributed by atoms with Crippen molar-refractivity contribution in [3.63, 3.8) is 0 Å². The number of likely N-dealkylation sites (tertiary alicyclic amines) is 2. The fraction of sp³-hybridized carbons (Fsp3) is 0.882. The lowest BCUT2D eigenvalue weighted by molar-refractivity contribution is -0.151. The molecule has 6 heteroatoms. The first-order valence-corrected chi connectivity index (χ1v) is 8.72. The minimum Gasteiger partial charge on any atom is -0.464 e. The molecule has 0 saturated carbocycles. The monoisotopic (exact) mass is 326 g/mol. The van der Waals surface area contributed by atoms with E-state index in [1.165, 1.54) is 12.8 Å². The number of hydrogen-bond acceptors (Lipinski definition) is 5. The summed E-state index contributed by atoms with van der Waals surface area (Å²) in [5, 5.41) is 0. The van der Waals surface area contributed by atoms with Crippen LogP contribution in [0.1, 0.15) is 53.4 Å². The van der Waals surface area contributed by atoms with Crippen molar-refractivity contribution in [2.24, 2.45) is 0 Å². The number of nitrogens with zero attached hydrogens (tertiary/aromatic N) is 2. The molecule has 2 aliphatic rings. The summed E-state index contributed by atoms with van der Waals surface area (Å²) in [5.41, 5.74) is -0.567. The number of carbonyl (C=O) groups is 2. The molecule has 2 heterocycles. The van der Waals surface area contributed by atoms with Crippen LogP contribution in [0.2, 0.25) is 0 Å². The largest absolute Gasteiger partial charge is 0.464 e. The Kier molecular flexibility index (Phi) is 5.89. The summed E-state index contributed by atoms with van der Waals surface area (Å²) in [7, 11) is 0. The number of carbonyl (C=O) groups excluding carboxylic acids is 2. The third-order valence-corrected chi connectivity index (χ3v) is 4.42. The molecule has 0 aromatic carbocycles. The Labute approximate surface area is 139 Å². The van der Waals surface area contributed by atoms with Crippen LogP contribution in [0.25, 0.3) is 0 Å². The standard InChI is InChI=1S/C17H30N2O4/c1-5-22-15(20)14-12-13(18-9-6-7-10-18)8-11-19(14)16(21)23-17(2,3)4/h13-14H,5-12H2,1-4H3/t13-,14-/m0/s1. The highest BCUT2D eigenvalue weighted by atomic mass is 16.6.